The van der Waals surface area contributed by atoms with Gasteiger partial charge in [-0.2, -0.15) is 0 Å². The summed E-state index contributed by atoms with van der Waals surface area (Å²) < 4.78 is 10.2. The first kappa shape index (κ1) is 17.5. The van der Waals surface area contributed by atoms with Gasteiger partial charge in [-0.25, -0.2) is 9.59 Å². The van der Waals surface area contributed by atoms with E-state index in [2.05, 4.69) is 6.58 Å². The molecule has 1 aliphatic rings. The summed E-state index contributed by atoms with van der Waals surface area (Å²) in [6.07, 6.45) is 3.24. The normalized spacial score (nSPS) is 15.1. The minimum Gasteiger partial charge on any atom is -0.466 e. The Kier molecular flexibility index (Phi) is 5.17. The first-order valence-corrected chi connectivity index (χ1v) is 8.18. The van der Waals surface area contributed by atoms with E-state index in [0.717, 1.165) is 11.1 Å². The van der Waals surface area contributed by atoms with E-state index in [1.165, 1.54) is 12.0 Å². The molecule has 1 heterocycles. The molecule has 5 heteroatoms. The lowest BCUT2D eigenvalue weighted by Gasteiger charge is -2.32. The number of ether oxygens (including phenoxy) is 2. The van der Waals surface area contributed by atoms with Crippen LogP contribution in [0, 0.1) is 0 Å². The average Bonchev–Trinajstić information content (AvgIpc) is 2.68. The lowest BCUT2D eigenvalue weighted by molar-refractivity contribution is -0.136. The highest BCUT2D eigenvalue weighted by atomic mass is 16.6. The van der Waals surface area contributed by atoms with Gasteiger partial charge in [0.1, 0.15) is 5.75 Å². The minimum absolute atomic E-state index is 0.248. The van der Waals surface area contributed by atoms with E-state index in [1.807, 2.05) is 36.4 Å². The van der Waals surface area contributed by atoms with Crippen LogP contribution in [-0.4, -0.2) is 24.1 Å². The fraction of sp³-hybridized carbons (Fsp3) is 0.143. The lowest BCUT2D eigenvalue weighted by atomic mass is 9.92. The molecule has 3 rings (SSSR count). The first-order chi connectivity index (χ1) is 12.6. The number of fused-ring (bicyclic) bond motifs is 1. The third-order valence-corrected chi connectivity index (χ3v) is 4.18. The first-order valence-electron chi connectivity index (χ1n) is 8.18. The highest BCUT2D eigenvalue weighted by molar-refractivity contribution is 5.88. The Morgan fingerprint density at radius 3 is 2.50 bits per heavy atom. The molecule has 0 spiro atoms. The Morgan fingerprint density at radius 2 is 1.77 bits per heavy atom. The van der Waals surface area contributed by atoms with Crippen LogP contribution in [0.4, 0.5) is 4.79 Å². The van der Waals surface area contributed by atoms with Crippen molar-refractivity contribution in [3.05, 3.63) is 84.1 Å². The number of methoxy groups -OCH3 is 1. The molecule has 1 aliphatic heterocycles. The molecular formula is C21H19NO4. The Balaban J connectivity index is 1.88. The van der Waals surface area contributed by atoms with E-state index >= 15 is 0 Å². The summed E-state index contributed by atoms with van der Waals surface area (Å²) in [5, 5.41) is 0. The SMILES string of the molecule is C=C(CC1c2ccccc2C=CN1C(=O)Oc1ccccc1)C(=O)OC. The van der Waals surface area contributed by atoms with Gasteiger partial charge in [0.25, 0.3) is 0 Å². The molecule has 0 N–H and O–H groups in total. The van der Waals surface area contributed by atoms with Crippen LogP contribution in [0.5, 0.6) is 5.75 Å². The van der Waals surface area contributed by atoms with E-state index in [-0.39, 0.29) is 6.42 Å². The molecule has 1 atom stereocenters. The van der Waals surface area contributed by atoms with Crippen LogP contribution in [0.3, 0.4) is 0 Å². The van der Waals surface area contributed by atoms with Crippen LogP contribution in [0.25, 0.3) is 6.08 Å². The number of rotatable bonds is 4. The summed E-state index contributed by atoms with van der Waals surface area (Å²) in [4.78, 5) is 26.0. The van der Waals surface area contributed by atoms with Crippen molar-refractivity contribution in [2.45, 2.75) is 12.5 Å². The minimum atomic E-state index is -0.524. The van der Waals surface area contributed by atoms with Crippen molar-refractivity contribution in [3.8, 4) is 5.75 Å². The maximum absolute atomic E-state index is 12.7. The Labute approximate surface area is 152 Å². The number of esters is 1. The van der Waals surface area contributed by atoms with Crippen LogP contribution in [0.15, 0.2) is 72.9 Å². The maximum Gasteiger partial charge on any atom is 0.419 e. The van der Waals surface area contributed by atoms with E-state index in [4.69, 9.17) is 9.47 Å². The van der Waals surface area contributed by atoms with Gasteiger partial charge >= 0.3 is 12.1 Å². The number of carbonyl (C=O) groups is 2. The zero-order valence-electron chi connectivity index (χ0n) is 14.4. The van der Waals surface area contributed by atoms with Crippen LogP contribution < -0.4 is 4.74 Å². The molecule has 132 valence electrons. The monoisotopic (exact) mass is 349 g/mol. The Hall–Kier alpha value is -3.34. The molecule has 0 aliphatic carbocycles. The molecule has 1 amide bonds. The fourth-order valence-corrected chi connectivity index (χ4v) is 2.88. The largest absolute Gasteiger partial charge is 0.466 e. The Morgan fingerprint density at radius 1 is 1.08 bits per heavy atom. The molecule has 0 radical (unpaired) electrons. The van der Waals surface area contributed by atoms with Crippen molar-refractivity contribution in [1.82, 2.24) is 4.90 Å². The van der Waals surface area contributed by atoms with Crippen LogP contribution >= 0.6 is 0 Å². The second kappa shape index (κ2) is 7.70. The van der Waals surface area contributed by atoms with Crippen molar-refractivity contribution in [2.24, 2.45) is 0 Å². The summed E-state index contributed by atoms with van der Waals surface area (Å²) in [5.74, 6) is -0.0382. The lowest BCUT2D eigenvalue weighted by Crippen LogP contribution is -2.35. The number of hydrogen-bond acceptors (Lipinski definition) is 4. The van der Waals surface area contributed by atoms with E-state index in [0.29, 0.717) is 11.3 Å². The number of amides is 1. The van der Waals surface area contributed by atoms with Gasteiger partial charge in [-0.1, -0.05) is 49.0 Å². The number of hydrogen-bond donors (Lipinski definition) is 0. The molecule has 0 bridgehead atoms. The second-order valence-electron chi connectivity index (χ2n) is 5.85. The average molecular weight is 349 g/mol. The summed E-state index contributed by atoms with van der Waals surface area (Å²) in [6, 6.07) is 16.2. The summed E-state index contributed by atoms with van der Waals surface area (Å²) in [7, 11) is 1.31. The molecular weight excluding hydrogens is 330 g/mol. The summed E-state index contributed by atoms with van der Waals surface area (Å²) in [5.41, 5.74) is 2.20. The zero-order valence-corrected chi connectivity index (χ0v) is 14.4. The standard InChI is InChI=1S/C21H19NO4/c1-15(20(23)25-2)14-19-18-11-7-6-8-16(18)12-13-22(19)21(24)26-17-9-4-3-5-10-17/h3-13,19H,1,14H2,2H3. The third kappa shape index (κ3) is 3.67. The maximum atomic E-state index is 12.7. The smallest absolute Gasteiger partial charge is 0.419 e. The topological polar surface area (TPSA) is 55.8 Å². The molecule has 0 saturated carbocycles. The van der Waals surface area contributed by atoms with Gasteiger partial charge in [-0.05, 0) is 29.3 Å². The summed E-state index contributed by atoms with van der Waals surface area (Å²) >= 11 is 0. The predicted octanol–water partition coefficient (Wildman–Crippen LogP) is 4.33. The van der Waals surface area contributed by atoms with Crippen LogP contribution in [0.1, 0.15) is 23.6 Å². The van der Waals surface area contributed by atoms with Gasteiger partial charge < -0.3 is 9.47 Å². The van der Waals surface area contributed by atoms with Gasteiger partial charge in [0.15, 0.2) is 0 Å². The molecule has 1 unspecified atom stereocenters. The van der Waals surface area contributed by atoms with E-state index < -0.39 is 18.1 Å². The van der Waals surface area contributed by atoms with Crippen molar-refractivity contribution >= 4 is 18.1 Å². The third-order valence-electron chi connectivity index (χ3n) is 4.18. The summed E-state index contributed by atoms with van der Waals surface area (Å²) in [6.45, 7) is 3.79. The van der Waals surface area contributed by atoms with Crippen LogP contribution in [0.2, 0.25) is 0 Å². The molecule has 2 aromatic rings. The highest BCUT2D eigenvalue weighted by Crippen LogP contribution is 2.35. The van der Waals surface area contributed by atoms with Crippen molar-refractivity contribution in [3.63, 3.8) is 0 Å². The molecule has 0 saturated heterocycles. The van der Waals surface area contributed by atoms with Gasteiger partial charge in [0.2, 0.25) is 0 Å². The molecule has 2 aromatic carbocycles. The number of para-hydroxylation sites is 1. The van der Waals surface area contributed by atoms with Crippen molar-refractivity contribution < 1.29 is 19.1 Å². The van der Waals surface area contributed by atoms with Crippen LogP contribution in [-0.2, 0) is 9.53 Å². The van der Waals surface area contributed by atoms with Gasteiger partial charge in [-0.15, -0.1) is 0 Å². The fourth-order valence-electron chi connectivity index (χ4n) is 2.88. The number of carbonyl (C=O) groups excluding carboxylic acids is 2. The van der Waals surface area contributed by atoms with Gasteiger partial charge in [-0.3, -0.25) is 4.90 Å². The van der Waals surface area contributed by atoms with E-state index in [9.17, 15) is 9.59 Å². The number of nitrogens with zero attached hydrogens (tertiary/aromatic N) is 1. The predicted molar refractivity (Wildman–Crippen MR) is 98.3 cm³/mol. The Bertz CT molecular complexity index is 857. The zero-order chi connectivity index (χ0) is 18.5. The molecule has 0 aromatic heterocycles. The van der Waals surface area contributed by atoms with Gasteiger partial charge in [0.05, 0.1) is 13.2 Å². The number of benzene rings is 2. The van der Waals surface area contributed by atoms with Crippen molar-refractivity contribution in [1.29, 1.82) is 0 Å². The molecule has 5 nitrogen and oxygen atoms in total. The van der Waals surface area contributed by atoms with E-state index in [1.54, 1.807) is 30.5 Å². The molecule has 0 fully saturated rings. The molecule has 26 heavy (non-hydrogen) atoms. The van der Waals surface area contributed by atoms with Crippen molar-refractivity contribution in [2.75, 3.05) is 7.11 Å². The highest BCUT2D eigenvalue weighted by Gasteiger charge is 2.31. The quantitative estimate of drug-likeness (QED) is 0.609. The second-order valence-corrected chi connectivity index (χ2v) is 5.85. The van der Waals surface area contributed by atoms with Gasteiger partial charge in [0, 0.05) is 18.2 Å².